The second-order valence-corrected chi connectivity index (χ2v) is 12.9. The topological polar surface area (TPSA) is 121 Å². The molecule has 0 spiro atoms. The molecule has 4 rings (SSSR count). The monoisotopic (exact) mass is 660 g/mol. The number of hydrogen-bond donors (Lipinski definition) is 2. The summed E-state index contributed by atoms with van der Waals surface area (Å²) in [5, 5.41) is 7.31. The van der Waals surface area contributed by atoms with Crippen molar-refractivity contribution in [2.75, 3.05) is 5.32 Å². The second-order valence-electron chi connectivity index (χ2n) is 9.71. The lowest BCUT2D eigenvalue weighted by molar-refractivity contribution is -0.136. The van der Waals surface area contributed by atoms with Crippen molar-refractivity contribution >= 4 is 68.5 Å². The molecule has 224 valence electrons. The van der Waals surface area contributed by atoms with Crippen LogP contribution in [0.5, 0.6) is 0 Å². The van der Waals surface area contributed by atoms with Gasteiger partial charge in [-0.15, -0.1) is 0 Å². The number of nitrogens with one attached hydrogen (secondary N) is 2. The standard InChI is InChI=1S/C30H27Cl3N4O5S/c1-19(2)21-4-8-23(9-5-21)35-29(38)30(39)36-34-16-24-10-11-25(42-24)18-37(17-20-3-14-27(32)28(33)15-20)43(40,41)26-12-6-22(31)7-13-26/h3-16,19H,17-18H2,1-2H3,(H,35,38)(H,36,39)/b34-16+. The van der Waals surface area contributed by atoms with E-state index in [0.29, 0.717) is 38.0 Å². The first-order valence-electron chi connectivity index (χ1n) is 12.9. The molecule has 0 fully saturated rings. The molecular weight excluding hydrogens is 635 g/mol. The predicted molar refractivity (Wildman–Crippen MR) is 168 cm³/mol. The van der Waals surface area contributed by atoms with Crippen LogP contribution in [0, 0.1) is 0 Å². The van der Waals surface area contributed by atoms with E-state index in [0.717, 1.165) is 5.56 Å². The molecule has 0 aliphatic rings. The van der Waals surface area contributed by atoms with Gasteiger partial charge in [-0.1, -0.05) is 66.8 Å². The van der Waals surface area contributed by atoms with Gasteiger partial charge in [-0.3, -0.25) is 9.59 Å². The summed E-state index contributed by atoms with van der Waals surface area (Å²) in [6.07, 6.45) is 1.20. The largest absolute Gasteiger partial charge is 0.459 e. The first-order chi connectivity index (χ1) is 20.4. The molecule has 1 heterocycles. The number of halogens is 3. The SMILES string of the molecule is CC(C)c1ccc(NC(=O)C(=O)N/N=C/c2ccc(CN(Cc3ccc(Cl)c(Cl)c3)S(=O)(=O)c3ccc(Cl)cc3)o2)cc1. The Hall–Kier alpha value is -3.67. The average Bonchev–Trinajstić information content (AvgIpc) is 3.42. The molecule has 0 aliphatic heterocycles. The Kier molecular flexibility index (Phi) is 10.6. The molecule has 2 amide bonds. The number of sulfonamides is 1. The van der Waals surface area contributed by atoms with Crippen molar-refractivity contribution in [1.82, 2.24) is 9.73 Å². The fourth-order valence-corrected chi connectivity index (χ4v) is 5.73. The normalized spacial score (nSPS) is 11.8. The van der Waals surface area contributed by atoms with E-state index < -0.39 is 21.8 Å². The Bertz CT molecular complexity index is 1740. The number of hydrogen-bond acceptors (Lipinski definition) is 6. The Morgan fingerprint density at radius 2 is 1.58 bits per heavy atom. The van der Waals surface area contributed by atoms with Crippen molar-refractivity contribution in [3.05, 3.63) is 117 Å². The van der Waals surface area contributed by atoms with Crippen LogP contribution in [0.15, 0.2) is 93.3 Å². The smallest absolute Gasteiger partial charge is 0.329 e. The van der Waals surface area contributed by atoms with Crippen molar-refractivity contribution in [3.8, 4) is 0 Å². The van der Waals surface area contributed by atoms with Gasteiger partial charge in [0.05, 0.1) is 27.7 Å². The molecule has 43 heavy (non-hydrogen) atoms. The van der Waals surface area contributed by atoms with Gasteiger partial charge in [0.15, 0.2) is 0 Å². The summed E-state index contributed by atoms with van der Waals surface area (Å²) in [5.74, 6) is -1.01. The predicted octanol–water partition coefficient (Wildman–Crippen LogP) is 6.84. The second kappa shape index (κ2) is 14.2. The van der Waals surface area contributed by atoms with Gasteiger partial charge in [0.25, 0.3) is 0 Å². The van der Waals surface area contributed by atoms with Gasteiger partial charge in [-0.05, 0) is 77.7 Å². The molecule has 0 aliphatic carbocycles. The molecule has 0 atom stereocenters. The van der Waals surface area contributed by atoms with E-state index in [1.807, 2.05) is 12.1 Å². The van der Waals surface area contributed by atoms with Crippen molar-refractivity contribution in [2.45, 2.75) is 37.8 Å². The van der Waals surface area contributed by atoms with Crippen LogP contribution in [0.4, 0.5) is 5.69 Å². The van der Waals surface area contributed by atoms with Crippen molar-refractivity contribution in [3.63, 3.8) is 0 Å². The number of nitrogens with zero attached hydrogens (tertiary/aromatic N) is 2. The maximum atomic E-state index is 13.6. The Labute approximate surface area is 264 Å². The molecule has 0 radical (unpaired) electrons. The highest BCUT2D eigenvalue weighted by Crippen LogP contribution is 2.27. The maximum absolute atomic E-state index is 13.6. The van der Waals surface area contributed by atoms with E-state index in [1.165, 1.54) is 34.8 Å². The minimum absolute atomic E-state index is 0.0304. The summed E-state index contributed by atoms with van der Waals surface area (Å²) >= 11 is 18.1. The number of anilines is 1. The van der Waals surface area contributed by atoms with Gasteiger partial charge in [0, 0.05) is 17.3 Å². The number of furan rings is 1. The highest BCUT2D eigenvalue weighted by Gasteiger charge is 2.26. The van der Waals surface area contributed by atoms with E-state index in [4.69, 9.17) is 39.2 Å². The van der Waals surface area contributed by atoms with E-state index in [9.17, 15) is 18.0 Å². The highest BCUT2D eigenvalue weighted by atomic mass is 35.5. The maximum Gasteiger partial charge on any atom is 0.329 e. The number of amides is 2. The van der Waals surface area contributed by atoms with Crippen molar-refractivity contribution in [2.24, 2.45) is 5.10 Å². The number of rotatable bonds is 10. The summed E-state index contributed by atoms with van der Waals surface area (Å²) in [5.41, 5.74) is 4.33. The van der Waals surface area contributed by atoms with Crippen LogP contribution in [0.1, 0.15) is 42.4 Å². The molecule has 0 unspecified atom stereocenters. The lowest BCUT2D eigenvalue weighted by atomic mass is 10.0. The van der Waals surface area contributed by atoms with Crippen LogP contribution in [0.2, 0.25) is 15.1 Å². The first-order valence-corrected chi connectivity index (χ1v) is 15.5. The molecule has 9 nitrogen and oxygen atoms in total. The molecule has 4 aromatic rings. The van der Waals surface area contributed by atoms with Gasteiger partial charge in [-0.25, -0.2) is 13.8 Å². The highest BCUT2D eigenvalue weighted by molar-refractivity contribution is 7.89. The molecule has 0 bridgehead atoms. The van der Waals surface area contributed by atoms with Crippen molar-refractivity contribution in [1.29, 1.82) is 0 Å². The van der Waals surface area contributed by atoms with Crippen LogP contribution in [-0.2, 0) is 32.7 Å². The molecule has 0 saturated carbocycles. The van der Waals surface area contributed by atoms with Gasteiger partial charge >= 0.3 is 11.8 Å². The number of benzene rings is 3. The summed E-state index contributed by atoms with van der Waals surface area (Å²) in [6.45, 7) is 3.94. The van der Waals surface area contributed by atoms with Crippen molar-refractivity contribution < 1.29 is 22.4 Å². The van der Waals surface area contributed by atoms with Crippen LogP contribution in [0.3, 0.4) is 0 Å². The van der Waals surface area contributed by atoms with Crippen LogP contribution >= 0.6 is 34.8 Å². The Morgan fingerprint density at radius 3 is 2.23 bits per heavy atom. The minimum atomic E-state index is -3.99. The van der Waals surface area contributed by atoms with Gasteiger partial charge in [-0.2, -0.15) is 9.41 Å². The van der Waals surface area contributed by atoms with E-state index >= 15 is 0 Å². The van der Waals surface area contributed by atoms with E-state index in [1.54, 1.807) is 42.5 Å². The lowest BCUT2D eigenvalue weighted by Crippen LogP contribution is -2.32. The van der Waals surface area contributed by atoms with Gasteiger partial charge in [0.1, 0.15) is 11.5 Å². The summed E-state index contributed by atoms with van der Waals surface area (Å²) in [4.78, 5) is 24.4. The lowest BCUT2D eigenvalue weighted by Gasteiger charge is -2.22. The number of carbonyl (C=O) groups excluding carboxylic acids is 2. The zero-order chi connectivity index (χ0) is 31.1. The first kappa shape index (κ1) is 32.2. The number of hydrazone groups is 1. The minimum Gasteiger partial charge on any atom is -0.459 e. The molecule has 3 aromatic carbocycles. The molecular formula is C30H27Cl3N4O5S. The molecule has 2 N–H and O–H groups in total. The third-order valence-corrected chi connectivity index (χ3v) is 9.01. The van der Waals surface area contributed by atoms with Gasteiger partial charge in [0.2, 0.25) is 10.0 Å². The number of carbonyl (C=O) groups is 2. The zero-order valence-corrected chi connectivity index (χ0v) is 26.1. The Balaban J connectivity index is 1.43. The Morgan fingerprint density at radius 1 is 0.884 bits per heavy atom. The van der Waals surface area contributed by atoms with Crippen LogP contribution < -0.4 is 10.7 Å². The zero-order valence-electron chi connectivity index (χ0n) is 23.1. The summed E-state index contributed by atoms with van der Waals surface area (Å²) < 4.78 is 34.1. The fourth-order valence-electron chi connectivity index (χ4n) is 3.89. The van der Waals surface area contributed by atoms with Crippen LogP contribution in [-0.4, -0.2) is 30.8 Å². The third-order valence-electron chi connectivity index (χ3n) is 6.21. The summed E-state index contributed by atoms with van der Waals surface area (Å²) in [7, 11) is -3.99. The summed E-state index contributed by atoms with van der Waals surface area (Å²) in [6, 6.07) is 21.0. The third kappa shape index (κ3) is 8.68. The van der Waals surface area contributed by atoms with Crippen LogP contribution in [0.25, 0.3) is 0 Å². The van der Waals surface area contributed by atoms with E-state index in [2.05, 4.69) is 29.7 Å². The van der Waals surface area contributed by atoms with Gasteiger partial charge < -0.3 is 9.73 Å². The molecule has 1 aromatic heterocycles. The molecule has 0 saturated heterocycles. The average molecular weight is 662 g/mol. The van der Waals surface area contributed by atoms with E-state index in [-0.39, 0.29) is 23.7 Å². The molecule has 13 heteroatoms. The quantitative estimate of drug-likeness (QED) is 0.110. The fraction of sp³-hybridized carbons (Fsp3) is 0.167.